The number of amides is 3. The van der Waals surface area contributed by atoms with Crippen LogP contribution in [0, 0.1) is 0 Å². The number of carbonyl (C=O) groups excluding carboxylic acids is 3. The largest absolute Gasteiger partial charge is 0.340 e. The van der Waals surface area contributed by atoms with E-state index >= 15 is 0 Å². The van der Waals surface area contributed by atoms with E-state index in [1.165, 1.54) is 0 Å². The molecule has 3 aromatic rings. The lowest BCUT2D eigenvalue weighted by atomic mass is 10.0. The maximum atomic E-state index is 13.1. The Labute approximate surface area is 186 Å². The number of nitrogens with one attached hydrogen (secondary N) is 3. The van der Waals surface area contributed by atoms with Gasteiger partial charge in [0.1, 0.15) is 6.04 Å². The first-order valence-corrected chi connectivity index (χ1v) is 10.5. The zero-order valence-electron chi connectivity index (χ0n) is 17.6. The minimum Gasteiger partial charge on any atom is -0.340 e. The van der Waals surface area contributed by atoms with Crippen LogP contribution in [0.25, 0.3) is 10.9 Å². The number of hydroxylamine groups is 1. The summed E-state index contributed by atoms with van der Waals surface area (Å²) < 4.78 is 0. The van der Waals surface area contributed by atoms with Crippen LogP contribution in [-0.2, 0) is 9.59 Å². The molecule has 0 unspecified atom stereocenters. The highest BCUT2D eigenvalue weighted by Gasteiger charge is 2.22. The third-order valence-electron chi connectivity index (χ3n) is 5.07. The Kier molecular flexibility index (Phi) is 8.28. The van der Waals surface area contributed by atoms with Crippen LogP contribution in [0.1, 0.15) is 42.5 Å². The fourth-order valence-electron chi connectivity index (χ4n) is 3.39. The van der Waals surface area contributed by atoms with Crippen LogP contribution in [0.2, 0.25) is 0 Å². The number of fused-ring (bicyclic) bond motifs is 1. The molecule has 0 bridgehead atoms. The molecule has 8 heteroatoms. The van der Waals surface area contributed by atoms with E-state index in [4.69, 9.17) is 5.21 Å². The number of para-hydroxylation sites is 1. The Morgan fingerprint density at radius 1 is 0.906 bits per heavy atom. The molecule has 0 saturated heterocycles. The average Bonchev–Trinajstić information content (AvgIpc) is 2.83. The van der Waals surface area contributed by atoms with Gasteiger partial charge in [0.15, 0.2) is 0 Å². The van der Waals surface area contributed by atoms with Gasteiger partial charge in [-0.15, -0.1) is 0 Å². The number of aromatic nitrogens is 1. The molecule has 3 amide bonds. The maximum Gasteiger partial charge on any atom is 0.251 e. The summed E-state index contributed by atoms with van der Waals surface area (Å²) in [5, 5.41) is 15.2. The van der Waals surface area contributed by atoms with Gasteiger partial charge in [-0.1, -0.05) is 49.2 Å². The molecule has 3 rings (SSSR count). The summed E-state index contributed by atoms with van der Waals surface area (Å²) >= 11 is 0. The second-order valence-corrected chi connectivity index (χ2v) is 7.40. The summed E-state index contributed by atoms with van der Waals surface area (Å²) in [4.78, 5) is 41.2. The summed E-state index contributed by atoms with van der Waals surface area (Å²) in [5.74, 6) is -1.11. The molecule has 4 N–H and O–H groups in total. The second kappa shape index (κ2) is 11.6. The molecule has 1 aromatic heterocycles. The normalized spacial score (nSPS) is 11.5. The van der Waals surface area contributed by atoms with Crippen LogP contribution >= 0.6 is 0 Å². The van der Waals surface area contributed by atoms with Crippen LogP contribution in [0.15, 0.2) is 66.9 Å². The molecule has 0 saturated carbocycles. The summed E-state index contributed by atoms with van der Waals surface area (Å²) in [5.41, 5.74) is 3.32. The Bertz CT molecular complexity index is 1070. The van der Waals surface area contributed by atoms with Gasteiger partial charge >= 0.3 is 0 Å². The van der Waals surface area contributed by atoms with E-state index in [2.05, 4.69) is 15.6 Å². The predicted molar refractivity (Wildman–Crippen MR) is 121 cm³/mol. The average molecular weight is 434 g/mol. The van der Waals surface area contributed by atoms with Crippen molar-refractivity contribution in [2.24, 2.45) is 0 Å². The van der Waals surface area contributed by atoms with Gasteiger partial charge in [0.05, 0.1) is 11.2 Å². The zero-order valence-corrected chi connectivity index (χ0v) is 17.6. The number of unbranched alkanes of at least 4 members (excludes halogenated alkanes) is 2. The lowest BCUT2D eigenvalue weighted by Gasteiger charge is -2.19. The summed E-state index contributed by atoms with van der Waals surface area (Å²) in [7, 11) is 0. The van der Waals surface area contributed by atoms with Crippen molar-refractivity contribution >= 4 is 34.3 Å². The molecule has 32 heavy (non-hydrogen) atoms. The molecule has 0 aliphatic heterocycles. The van der Waals surface area contributed by atoms with E-state index in [0.29, 0.717) is 42.5 Å². The van der Waals surface area contributed by atoms with Gasteiger partial charge < -0.3 is 10.6 Å². The Hall–Kier alpha value is -3.78. The van der Waals surface area contributed by atoms with Crippen molar-refractivity contribution in [3.63, 3.8) is 0 Å². The fourth-order valence-corrected chi connectivity index (χ4v) is 3.39. The first kappa shape index (κ1) is 22.9. The fraction of sp³-hybridized carbons (Fsp3) is 0.250. The van der Waals surface area contributed by atoms with Crippen LogP contribution in [-0.4, -0.2) is 34.0 Å². The van der Waals surface area contributed by atoms with Crippen molar-refractivity contribution in [3.8, 4) is 0 Å². The lowest BCUT2D eigenvalue weighted by molar-refractivity contribution is -0.129. The summed E-state index contributed by atoms with van der Waals surface area (Å²) in [6.07, 6.45) is 4.14. The molecule has 1 heterocycles. The van der Waals surface area contributed by atoms with Crippen LogP contribution in [0.4, 0.5) is 5.69 Å². The van der Waals surface area contributed by atoms with Crippen LogP contribution in [0.5, 0.6) is 0 Å². The van der Waals surface area contributed by atoms with Crippen molar-refractivity contribution in [1.29, 1.82) is 0 Å². The highest BCUT2D eigenvalue weighted by Crippen LogP contribution is 2.21. The number of hydrogen-bond acceptors (Lipinski definition) is 5. The first-order valence-electron chi connectivity index (χ1n) is 10.5. The predicted octanol–water partition coefficient (Wildman–Crippen LogP) is 3.43. The van der Waals surface area contributed by atoms with Crippen molar-refractivity contribution in [2.45, 2.75) is 38.1 Å². The van der Waals surface area contributed by atoms with Crippen molar-refractivity contribution in [1.82, 2.24) is 15.8 Å². The van der Waals surface area contributed by atoms with E-state index in [0.717, 1.165) is 5.39 Å². The van der Waals surface area contributed by atoms with E-state index in [1.54, 1.807) is 42.0 Å². The summed E-state index contributed by atoms with van der Waals surface area (Å²) in [6.45, 7) is 0. The van der Waals surface area contributed by atoms with Gasteiger partial charge in [0, 0.05) is 23.6 Å². The monoisotopic (exact) mass is 434 g/mol. The quantitative estimate of drug-likeness (QED) is 0.221. The number of nitrogens with zero attached hydrogens (tertiary/aromatic N) is 1. The van der Waals surface area contributed by atoms with Crippen molar-refractivity contribution < 1.29 is 19.6 Å². The Morgan fingerprint density at radius 2 is 1.69 bits per heavy atom. The molecule has 0 aliphatic carbocycles. The molecular weight excluding hydrogens is 408 g/mol. The van der Waals surface area contributed by atoms with Gasteiger partial charge in [-0.25, -0.2) is 5.48 Å². The molecule has 8 nitrogen and oxygen atoms in total. The Balaban J connectivity index is 1.69. The lowest BCUT2D eigenvalue weighted by Crippen LogP contribution is -2.43. The van der Waals surface area contributed by atoms with Gasteiger partial charge in [0.2, 0.25) is 11.8 Å². The molecule has 0 radical (unpaired) electrons. The van der Waals surface area contributed by atoms with Gasteiger partial charge in [-0.05, 0) is 37.1 Å². The number of benzene rings is 2. The van der Waals surface area contributed by atoms with Gasteiger partial charge in [-0.2, -0.15) is 0 Å². The molecule has 0 aliphatic rings. The minimum absolute atomic E-state index is 0.200. The molecule has 1 atom stereocenters. The molecule has 0 spiro atoms. The standard InChI is InChI=1S/C24H26N4O4/c29-21(28-32)15-6-2-5-13-20(27-23(30)18-9-3-1-4-10-18)24(31)26-19-14-7-11-17-12-8-16-25-22(17)19/h1,3-4,7-12,14,16,20,32H,2,5-6,13,15H2,(H,26,31)(H,27,30)(H,28,29)/t20-/m0/s1. The SMILES string of the molecule is O=C(CCCCC[C@H](NC(=O)c1ccccc1)C(=O)Nc1cccc2cccnc12)NO. The highest BCUT2D eigenvalue weighted by atomic mass is 16.5. The molecule has 2 aromatic carbocycles. The number of carbonyl (C=O) groups is 3. The van der Waals surface area contributed by atoms with Crippen molar-refractivity contribution in [3.05, 3.63) is 72.4 Å². The van der Waals surface area contributed by atoms with E-state index in [1.807, 2.05) is 30.3 Å². The molecular formula is C24H26N4O4. The maximum absolute atomic E-state index is 13.1. The number of pyridine rings is 1. The van der Waals surface area contributed by atoms with Gasteiger partial charge in [-0.3, -0.25) is 24.6 Å². The summed E-state index contributed by atoms with van der Waals surface area (Å²) in [6, 6.07) is 17.2. The topological polar surface area (TPSA) is 120 Å². The van der Waals surface area contributed by atoms with Crippen LogP contribution in [0.3, 0.4) is 0 Å². The number of anilines is 1. The smallest absolute Gasteiger partial charge is 0.251 e. The van der Waals surface area contributed by atoms with E-state index in [9.17, 15) is 14.4 Å². The zero-order chi connectivity index (χ0) is 22.8. The molecule has 0 fully saturated rings. The second-order valence-electron chi connectivity index (χ2n) is 7.40. The van der Waals surface area contributed by atoms with Crippen LogP contribution < -0.4 is 16.1 Å². The van der Waals surface area contributed by atoms with Gasteiger partial charge in [0.25, 0.3) is 5.91 Å². The Morgan fingerprint density at radius 3 is 2.47 bits per heavy atom. The first-order chi connectivity index (χ1) is 15.6. The number of hydrogen-bond donors (Lipinski definition) is 4. The minimum atomic E-state index is -0.756. The van der Waals surface area contributed by atoms with E-state index < -0.39 is 11.9 Å². The number of rotatable bonds is 10. The van der Waals surface area contributed by atoms with Crippen molar-refractivity contribution in [2.75, 3.05) is 5.32 Å². The highest BCUT2D eigenvalue weighted by molar-refractivity contribution is 6.04. The van der Waals surface area contributed by atoms with E-state index in [-0.39, 0.29) is 18.2 Å². The third kappa shape index (κ3) is 6.36. The third-order valence-corrected chi connectivity index (χ3v) is 5.07. The molecule has 166 valence electrons.